The molecule has 0 saturated carbocycles. The minimum atomic E-state index is -4.88. The van der Waals surface area contributed by atoms with Crippen molar-refractivity contribution in [3.63, 3.8) is 0 Å². The predicted molar refractivity (Wildman–Crippen MR) is 72.8 cm³/mol. The van der Waals surface area contributed by atoms with Crippen molar-refractivity contribution in [2.75, 3.05) is 34.4 Å². The molecule has 1 saturated heterocycles. The zero-order valence-corrected chi connectivity index (χ0v) is 13.1. The molecule has 1 fully saturated rings. The van der Waals surface area contributed by atoms with Gasteiger partial charge in [0.2, 0.25) is 0 Å². The van der Waals surface area contributed by atoms with E-state index in [0.29, 0.717) is 5.06 Å². The maximum Gasteiger partial charge on any atom is 0.418 e. The molecule has 2 rings (SSSR count). The molecule has 2 aliphatic heterocycles. The van der Waals surface area contributed by atoms with Crippen LogP contribution in [-0.4, -0.2) is 86.2 Å². The molecule has 124 valence electrons. The molecular weight excluding hydrogens is 318 g/mol. The van der Waals surface area contributed by atoms with Crippen molar-refractivity contribution in [1.29, 1.82) is 0 Å². The summed E-state index contributed by atoms with van der Waals surface area (Å²) in [5.74, 6) is -0.385. The number of hydrogen-bond acceptors (Lipinski definition) is 6. The van der Waals surface area contributed by atoms with Crippen LogP contribution < -0.4 is 0 Å². The average molecular weight is 335 g/mol. The smallest absolute Gasteiger partial charge is 0.382 e. The van der Waals surface area contributed by atoms with E-state index in [-0.39, 0.29) is 24.6 Å². The van der Waals surface area contributed by atoms with Gasteiger partial charge in [-0.25, -0.2) is 4.79 Å². The highest BCUT2D eigenvalue weighted by atomic mass is 32.3. The van der Waals surface area contributed by atoms with Gasteiger partial charge in [0.1, 0.15) is 6.04 Å². The Balaban J connectivity index is 2.39. The summed E-state index contributed by atoms with van der Waals surface area (Å²) >= 11 is 0. The normalized spacial score (nSPS) is 24.5. The monoisotopic (exact) mass is 335 g/mol. The minimum Gasteiger partial charge on any atom is -0.382 e. The van der Waals surface area contributed by atoms with Gasteiger partial charge in [-0.05, 0) is 6.08 Å². The first-order chi connectivity index (χ1) is 10.2. The van der Waals surface area contributed by atoms with Gasteiger partial charge in [-0.15, -0.1) is 4.28 Å². The highest BCUT2D eigenvalue weighted by Gasteiger charge is 2.50. The lowest BCUT2D eigenvalue weighted by Gasteiger charge is -2.29. The first kappa shape index (κ1) is 16.7. The number of fused-ring (bicyclic) bond motifs is 2. The van der Waals surface area contributed by atoms with E-state index in [1.165, 1.54) is 31.0 Å². The van der Waals surface area contributed by atoms with E-state index in [0.717, 1.165) is 0 Å². The van der Waals surface area contributed by atoms with E-state index < -0.39 is 28.5 Å². The average Bonchev–Trinajstić information content (AvgIpc) is 2.66. The van der Waals surface area contributed by atoms with E-state index >= 15 is 0 Å². The van der Waals surface area contributed by atoms with Crippen molar-refractivity contribution < 1.29 is 31.6 Å². The Hall–Kier alpha value is -1.69. The number of amides is 3. The van der Waals surface area contributed by atoms with Crippen molar-refractivity contribution in [3.8, 4) is 0 Å². The number of nitrogens with zero attached hydrogens (tertiary/aromatic N) is 3. The van der Waals surface area contributed by atoms with Gasteiger partial charge in [0.15, 0.2) is 0 Å². The van der Waals surface area contributed by atoms with Gasteiger partial charge < -0.3 is 14.5 Å². The van der Waals surface area contributed by atoms with Gasteiger partial charge in [0.25, 0.3) is 5.91 Å². The second-order valence-electron chi connectivity index (χ2n) is 5.12. The number of hydroxylamine groups is 2. The molecule has 0 aromatic carbocycles. The quantitative estimate of drug-likeness (QED) is 0.632. The van der Waals surface area contributed by atoms with Gasteiger partial charge in [0.05, 0.1) is 19.2 Å². The first-order valence-corrected chi connectivity index (χ1v) is 7.71. The second kappa shape index (κ2) is 5.83. The summed E-state index contributed by atoms with van der Waals surface area (Å²) in [6.45, 7) is 0.205. The molecule has 0 aliphatic carbocycles. The van der Waals surface area contributed by atoms with Crippen LogP contribution in [0, 0.1) is 0 Å². The third-order valence-corrected chi connectivity index (χ3v) is 3.73. The maximum absolute atomic E-state index is 12.2. The fraction of sp³-hybridized carbons (Fsp3) is 0.636. The lowest BCUT2D eigenvalue weighted by atomic mass is 9.99. The standard InChI is InChI=1S/C11H17N3O7S/c1-12(2)10(15)8-4-7(6-20-3)13-5-9(8)14(11(13)16)21-22(17,18)19/h4,7,9H,5-6H2,1-3H3,(H,17,18,19). The van der Waals surface area contributed by atoms with Crippen LogP contribution in [0.4, 0.5) is 4.79 Å². The molecule has 11 heteroatoms. The SMILES string of the molecule is COCC1C=C(C(=O)N(C)C)C2CN1C(=O)N2OS(=O)(=O)O. The van der Waals surface area contributed by atoms with Gasteiger partial charge in [-0.3, -0.25) is 9.35 Å². The zero-order valence-electron chi connectivity index (χ0n) is 12.3. The maximum atomic E-state index is 12.2. The van der Waals surface area contributed by atoms with Gasteiger partial charge >= 0.3 is 16.4 Å². The fourth-order valence-corrected chi connectivity index (χ4v) is 2.85. The van der Waals surface area contributed by atoms with E-state index in [4.69, 9.17) is 9.29 Å². The predicted octanol–water partition coefficient (Wildman–Crippen LogP) is -1.13. The third-order valence-electron chi connectivity index (χ3n) is 3.38. The van der Waals surface area contributed by atoms with E-state index in [2.05, 4.69) is 4.28 Å². The van der Waals surface area contributed by atoms with Crippen LogP contribution in [0.2, 0.25) is 0 Å². The highest BCUT2D eigenvalue weighted by molar-refractivity contribution is 7.80. The molecule has 0 aromatic rings. The summed E-state index contributed by atoms with van der Waals surface area (Å²) in [5, 5.41) is 0.498. The summed E-state index contributed by atoms with van der Waals surface area (Å²) in [6, 6.07) is -2.21. The Morgan fingerprint density at radius 1 is 1.50 bits per heavy atom. The van der Waals surface area contributed by atoms with Crippen molar-refractivity contribution in [1.82, 2.24) is 14.9 Å². The molecule has 10 nitrogen and oxygen atoms in total. The Labute approximate surface area is 127 Å². The number of urea groups is 1. The highest BCUT2D eigenvalue weighted by Crippen LogP contribution is 2.31. The summed E-state index contributed by atoms with van der Waals surface area (Å²) in [4.78, 5) is 27.1. The molecule has 22 heavy (non-hydrogen) atoms. The van der Waals surface area contributed by atoms with Gasteiger partial charge in [-0.1, -0.05) is 0 Å². The topological polar surface area (TPSA) is 117 Å². The third kappa shape index (κ3) is 3.06. The molecule has 2 atom stereocenters. The molecule has 3 amide bonds. The van der Waals surface area contributed by atoms with Gasteiger partial charge in [-0.2, -0.15) is 13.5 Å². The van der Waals surface area contributed by atoms with E-state index in [1.807, 2.05) is 0 Å². The summed E-state index contributed by atoms with van der Waals surface area (Å²) in [6.07, 6.45) is 1.55. The van der Waals surface area contributed by atoms with Crippen LogP contribution in [0.15, 0.2) is 11.6 Å². The zero-order chi connectivity index (χ0) is 16.7. The number of likely N-dealkylation sites (N-methyl/N-ethyl adjacent to an activating group) is 1. The molecule has 2 unspecified atom stereocenters. The molecule has 0 radical (unpaired) electrons. The van der Waals surface area contributed by atoms with E-state index in [1.54, 1.807) is 6.08 Å². The minimum absolute atomic E-state index is 0.0633. The lowest BCUT2D eigenvalue weighted by Crippen LogP contribution is -2.44. The summed E-state index contributed by atoms with van der Waals surface area (Å²) < 4.78 is 40.0. The second-order valence-corrected chi connectivity index (χ2v) is 6.13. The van der Waals surface area contributed by atoms with E-state index in [9.17, 15) is 18.0 Å². The number of methoxy groups -OCH3 is 1. The van der Waals surface area contributed by atoms with Crippen LogP contribution >= 0.6 is 0 Å². The van der Waals surface area contributed by atoms with Crippen molar-refractivity contribution in [2.45, 2.75) is 12.1 Å². The Morgan fingerprint density at radius 2 is 2.14 bits per heavy atom. The van der Waals surface area contributed by atoms with Crippen LogP contribution in [0.1, 0.15) is 0 Å². The summed E-state index contributed by atoms with van der Waals surface area (Å²) in [7, 11) is -0.372. The number of ether oxygens (including phenoxy) is 1. The lowest BCUT2D eigenvalue weighted by molar-refractivity contribution is -0.126. The molecule has 2 bridgehead atoms. The summed E-state index contributed by atoms with van der Waals surface area (Å²) in [5.41, 5.74) is 0.206. The fourth-order valence-electron chi connectivity index (χ4n) is 2.47. The number of carbonyl (C=O) groups excluding carboxylic acids is 2. The molecule has 2 heterocycles. The Bertz CT molecular complexity index is 615. The first-order valence-electron chi connectivity index (χ1n) is 6.35. The molecular formula is C11H17N3O7S. The van der Waals surface area contributed by atoms with Crippen molar-refractivity contribution in [3.05, 3.63) is 11.6 Å². The number of hydrogen-bond donors (Lipinski definition) is 1. The van der Waals surface area contributed by atoms with Crippen LogP contribution in [-0.2, 0) is 24.2 Å². The van der Waals surface area contributed by atoms with Crippen molar-refractivity contribution >= 4 is 22.3 Å². The Kier molecular flexibility index (Phi) is 4.42. The number of carbonyl (C=O) groups is 2. The Morgan fingerprint density at radius 3 is 2.64 bits per heavy atom. The molecule has 2 aliphatic rings. The molecule has 1 N–H and O–H groups in total. The van der Waals surface area contributed by atoms with Crippen LogP contribution in [0.5, 0.6) is 0 Å². The van der Waals surface area contributed by atoms with Crippen molar-refractivity contribution in [2.24, 2.45) is 0 Å². The largest absolute Gasteiger partial charge is 0.418 e. The van der Waals surface area contributed by atoms with Gasteiger partial charge in [0, 0.05) is 26.8 Å². The number of rotatable bonds is 5. The molecule has 0 aromatic heterocycles. The van der Waals surface area contributed by atoms with Crippen LogP contribution in [0.25, 0.3) is 0 Å². The molecule has 0 spiro atoms. The van der Waals surface area contributed by atoms with Crippen LogP contribution in [0.3, 0.4) is 0 Å².